The average molecular weight is 575 g/mol. The molecule has 36 heavy (non-hydrogen) atoms. The molecule has 0 unspecified atom stereocenters. The molecule has 0 radical (unpaired) electrons. The lowest BCUT2D eigenvalue weighted by molar-refractivity contribution is 1.78. The predicted octanol–water partition coefficient (Wildman–Crippen LogP) is 12.5. The summed E-state index contributed by atoms with van der Waals surface area (Å²) >= 11 is 11.3. The molecule has 0 atom stereocenters. The van der Waals surface area contributed by atoms with E-state index in [-0.39, 0.29) is 0 Å². The quantitative estimate of drug-likeness (QED) is 0.178. The number of hydrogen-bond acceptors (Lipinski definition) is 6. The molecule has 6 aromatic rings. The first-order valence-corrected chi connectivity index (χ1v) is 16.5. The lowest BCUT2D eigenvalue weighted by Crippen LogP contribution is -1.58. The van der Waals surface area contributed by atoms with E-state index in [1.54, 1.807) is 0 Å². The molecule has 0 aliphatic rings. The second kappa shape index (κ2) is 10.6. The van der Waals surface area contributed by atoms with Crippen molar-refractivity contribution in [3.8, 4) is 48.8 Å². The summed E-state index contributed by atoms with van der Waals surface area (Å²) in [6.45, 7) is 4.13. The van der Waals surface area contributed by atoms with Crippen molar-refractivity contribution in [1.29, 1.82) is 0 Å². The van der Waals surface area contributed by atoms with Crippen LogP contribution in [0.25, 0.3) is 60.9 Å². The van der Waals surface area contributed by atoms with Crippen LogP contribution in [0.15, 0.2) is 84.9 Å². The number of hydrogen-bond donors (Lipinski definition) is 0. The summed E-state index contributed by atoms with van der Waals surface area (Å²) in [6.07, 6.45) is 8.54. The fraction of sp³-hybridized carbons (Fsp3) is 0.0667. The Bertz CT molecular complexity index is 1540. The lowest BCUT2D eigenvalue weighted by atomic mass is 10.3. The smallest absolute Gasteiger partial charge is 0.0449 e. The normalized spacial score (nSPS) is 11.9. The van der Waals surface area contributed by atoms with E-state index in [1.165, 1.54) is 58.5 Å². The van der Waals surface area contributed by atoms with Crippen molar-refractivity contribution in [2.24, 2.45) is 0 Å². The molecule has 0 saturated carbocycles. The van der Waals surface area contributed by atoms with Gasteiger partial charge in [0.15, 0.2) is 0 Å². The van der Waals surface area contributed by atoms with E-state index < -0.39 is 0 Å². The van der Waals surface area contributed by atoms with Crippen LogP contribution >= 0.6 is 68.0 Å². The highest BCUT2D eigenvalue weighted by atomic mass is 32.1. The van der Waals surface area contributed by atoms with E-state index in [0.717, 1.165) is 0 Å². The predicted molar refractivity (Wildman–Crippen MR) is 170 cm³/mol. The molecule has 0 saturated heterocycles. The molecule has 0 N–H and O–H groups in total. The van der Waals surface area contributed by atoms with Crippen LogP contribution in [0.5, 0.6) is 0 Å². The van der Waals surface area contributed by atoms with E-state index in [0.29, 0.717) is 0 Å². The monoisotopic (exact) mass is 574 g/mol. The van der Waals surface area contributed by atoms with Crippen molar-refractivity contribution in [3.05, 3.63) is 94.7 Å². The van der Waals surface area contributed by atoms with Gasteiger partial charge in [0.05, 0.1) is 0 Å². The van der Waals surface area contributed by atoms with Crippen LogP contribution in [0.4, 0.5) is 0 Å². The molecule has 0 aromatic carbocycles. The van der Waals surface area contributed by atoms with Crippen LogP contribution in [0.2, 0.25) is 0 Å². The molecule has 6 rings (SSSR count). The largest absolute Gasteiger partial charge is 0.135 e. The molecule has 6 aromatic heterocycles. The number of thiophene rings is 6. The van der Waals surface area contributed by atoms with Gasteiger partial charge < -0.3 is 0 Å². The van der Waals surface area contributed by atoms with E-state index in [4.69, 9.17) is 0 Å². The van der Waals surface area contributed by atoms with Gasteiger partial charge in [-0.05, 0) is 98.8 Å². The minimum Gasteiger partial charge on any atom is -0.135 e. The minimum absolute atomic E-state index is 1.31. The third kappa shape index (κ3) is 4.94. The van der Waals surface area contributed by atoms with Crippen molar-refractivity contribution in [2.75, 3.05) is 0 Å². The summed E-state index contributed by atoms with van der Waals surface area (Å²) in [4.78, 5) is 16.0. The van der Waals surface area contributed by atoms with Crippen molar-refractivity contribution in [3.63, 3.8) is 0 Å². The van der Waals surface area contributed by atoms with Crippen LogP contribution in [0.1, 0.15) is 23.6 Å². The maximum Gasteiger partial charge on any atom is 0.0449 e. The van der Waals surface area contributed by atoms with Gasteiger partial charge >= 0.3 is 0 Å². The first-order valence-electron chi connectivity index (χ1n) is 11.6. The van der Waals surface area contributed by atoms with Gasteiger partial charge in [-0.15, -0.1) is 68.0 Å². The standard InChI is InChI=1S/C30H22S6/c1-3-5-19-7-9-21(31-19)23-11-13-25(33-23)27-15-17-29(35-27)30-18-16-28(36-30)26-14-12-24(34-26)22-10-8-20(32-22)6-4-2/h3-18H,1-2H3/b5-3+,6-4+. The first-order chi connectivity index (χ1) is 17.7. The van der Waals surface area contributed by atoms with Crippen molar-refractivity contribution >= 4 is 80.2 Å². The molecule has 6 heteroatoms. The zero-order chi connectivity index (χ0) is 24.5. The van der Waals surface area contributed by atoms with Gasteiger partial charge in [-0.2, -0.15) is 0 Å². The molecule has 6 heterocycles. The SMILES string of the molecule is C/C=C/c1ccc(-c2ccc(-c3ccc(-c4ccc(-c5ccc(-c6ccc(/C=C/C)s6)s5)s4)s3)s2)s1. The van der Waals surface area contributed by atoms with E-state index in [9.17, 15) is 0 Å². The highest BCUT2D eigenvalue weighted by Crippen LogP contribution is 2.45. The molecule has 0 amide bonds. The van der Waals surface area contributed by atoms with Gasteiger partial charge in [-0.25, -0.2) is 0 Å². The molecular formula is C30H22S6. The van der Waals surface area contributed by atoms with Gasteiger partial charge in [0.25, 0.3) is 0 Å². The summed E-state index contributed by atoms with van der Waals surface area (Å²) in [5.41, 5.74) is 0. The van der Waals surface area contributed by atoms with E-state index in [2.05, 4.69) is 111 Å². The zero-order valence-electron chi connectivity index (χ0n) is 19.7. The molecular weight excluding hydrogens is 553 g/mol. The summed E-state index contributed by atoms with van der Waals surface area (Å²) in [7, 11) is 0. The van der Waals surface area contributed by atoms with Crippen molar-refractivity contribution in [1.82, 2.24) is 0 Å². The fourth-order valence-corrected chi connectivity index (χ4v) is 10.3. The Balaban J connectivity index is 1.20. The molecule has 0 aliphatic carbocycles. The Hall–Kier alpha value is -2.32. The lowest BCUT2D eigenvalue weighted by Gasteiger charge is -1.93. The third-order valence-electron chi connectivity index (χ3n) is 5.55. The topological polar surface area (TPSA) is 0 Å². The summed E-state index contributed by atoms with van der Waals surface area (Å²) < 4.78 is 0. The van der Waals surface area contributed by atoms with Crippen LogP contribution in [-0.2, 0) is 0 Å². The highest BCUT2D eigenvalue weighted by Gasteiger charge is 2.13. The Labute approximate surface area is 235 Å². The zero-order valence-corrected chi connectivity index (χ0v) is 24.6. The van der Waals surface area contributed by atoms with Gasteiger partial charge in [-0.3, -0.25) is 0 Å². The molecule has 0 spiro atoms. The maximum absolute atomic E-state index is 2.28. The molecule has 0 aliphatic heterocycles. The van der Waals surface area contributed by atoms with Crippen LogP contribution in [0.3, 0.4) is 0 Å². The molecule has 0 nitrogen and oxygen atoms in total. The van der Waals surface area contributed by atoms with Gasteiger partial charge in [0.1, 0.15) is 0 Å². The first kappa shape index (κ1) is 24.0. The third-order valence-corrected chi connectivity index (χ3v) is 13.0. The van der Waals surface area contributed by atoms with Crippen LogP contribution in [-0.4, -0.2) is 0 Å². The second-order valence-electron chi connectivity index (χ2n) is 8.06. The number of allylic oxidation sites excluding steroid dienone is 2. The summed E-state index contributed by atoms with van der Waals surface area (Å²) in [5, 5.41) is 0. The van der Waals surface area contributed by atoms with Crippen molar-refractivity contribution in [2.45, 2.75) is 13.8 Å². The van der Waals surface area contributed by atoms with Crippen LogP contribution in [0, 0.1) is 0 Å². The molecule has 178 valence electrons. The fourth-order valence-electron chi connectivity index (χ4n) is 3.89. The number of rotatable bonds is 7. The molecule has 0 fully saturated rings. The van der Waals surface area contributed by atoms with E-state index >= 15 is 0 Å². The van der Waals surface area contributed by atoms with Gasteiger partial charge in [0.2, 0.25) is 0 Å². The Kier molecular flexibility index (Phi) is 7.07. The van der Waals surface area contributed by atoms with Crippen molar-refractivity contribution < 1.29 is 0 Å². The molecule has 0 bridgehead atoms. The average Bonchev–Trinajstić information content (AvgIpc) is 3.71. The summed E-state index contributed by atoms with van der Waals surface area (Å²) in [5.74, 6) is 0. The Morgan fingerprint density at radius 3 is 0.806 bits per heavy atom. The maximum atomic E-state index is 2.28. The second-order valence-corrected chi connectivity index (χ2v) is 14.6. The van der Waals surface area contributed by atoms with Crippen LogP contribution < -0.4 is 0 Å². The van der Waals surface area contributed by atoms with E-state index in [1.807, 2.05) is 68.0 Å². The van der Waals surface area contributed by atoms with Gasteiger partial charge in [-0.1, -0.05) is 12.2 Å². The Morgan fingerprint density at radius 1 is 0.333 bits per heavy atom. The Morgan fingerprint density at radius 2 is 0.556 bits per heavy atom. The summed E-state index contributed by atoms with van der Waals surface area (Å²) in [6, 6.07) is 27.0. The van der Waals surface area contributed by atoms with Gasteiger partial charge in [0, 0.05) is 58.5 Å². The minimum atomic E-state index is 1.31. The highest BCUT2D eigenvalue weighted by molar-refractivity contribution is 7.30.